The molecule has 3 N–H and O–H groups in total. The van der Waals surface area contributed by atoms with E-state index in [9.17, 15) is 0 Å². The first kappa shape index (κ1) is 11.0. The van der Waals surface area contributed by atoms with Crippen molar-refractivity contribution in [2.24, 2.45) is 17.6 Å². The van der Waals surface area contributed by atoms with Crippen LogP contribution in [0, 0.1) is 11.8 Å². The van der Waals surface area contributed by atoms with E-state index < -0.39 is 0 Å². The second kappa shape index (κ2) is 5.58. The number of piperidine rings is 1. The summed E-state index contributed by atoms with van der Waals surface area (Å²) >= 11 is 0. The topological polar surface area (TPSA) is 49.5 Å². The van der Waals surface area contributed by atoms with Gasteiger partial charge in [-0.3, -0.25) is 0 Å². The number of aliphatic hydroxyl groups is 1. The molecule has 2 unspecified atom stereocenters. The zero-order chi connectivity index (χ0) is 9.68. The third kappa shape index (κ3) is 3.25. The van der Waals surface area contributed by atoms with E-state index in [2.05, 4.69) is 11.8 Å². The minimum Gasteiger partial charge on any atom is -0.396 e. The van der Waals surface area contributed by atoms with Crippen molar-refractivity contribution in [1.29, 1.82) is 0 Å². The lowest BCUT2D eigenvalue weighted by Gasteiger charge is -2.36. The van der Waals surface area contributed by atoms with Crippen molar-refractivity contribution >= 4 is 0 Å². The molecule has 0 radical (unpaired) electrons. The van der Waals surface area contributed by atoms with Gasteiger partial charge < -0.3 is 15.7 Å². The van der Waals surface area contributed by atoms with Crippen LogP contribution in [-0.4, -0.2) is 42.8 Å². The number of aliphatic hydroxyl groups excluding tert-OH is 1. The Kier molecular flexibility index (Phi) is 4.70. The van der Waals surface area contributed by atoms with Crippen LogP contribution in [0.4, 0.5) is 0 Å². The van der Waals surface area contributed by atoms with Crippen molar-refractivity contribution in [3.63, 3.8) is 0 Å². The standard InChI is InChI=1S/C10H22N2O/c1-9-3-5-12(4-2-6-13)8-10(9)7-11/h9-10,13H,2-8,11H2,1H3. The van der Waals surface area contributed by atoms with Crippen molar-refractivity contribution in [1.82, 2.24) is 4.90 Å². The summed E-state index contributed by atoms with van der Waals surface area (Å²) in [6.07, 6.45) is 2.15. The van der Waals surface area contributed by atoms with Gasteiger partial charge in [0.25, 0.3) is 0 Å². The van der Waals surface area contributed by atoms with Crippen LogP contribution in [-0.2, 0) is 0 Å². The van der Waals surface area contributed by atoms with E-state index in [1.807, 2.05) is 0 Å². The summed E-state index contributed by atoms with van der Waals surface area (Å²) in [6.45, 7) is 6.73. The highest BCUT2D eigenvalue weighted by Gasteiger charge is 2.24. The average molecular weight is 186 g/mol. The fraction of sp³-hybridized carbons (Fsp3) is 1.00. The SMILES string of the molecule is CC1CCN(CCCO)CC1CN. The summed E-state index contributed by atoms with van der Waals surface area (Å²) in [5.74, 6) is 1.43. The van der Waals surface area contributed by atoms with E-state index in [0.29, 0.717) is 12.5 Å². The monoisotopic (exact) mass is 186 g/mol. The molecule has 3 nitrogen and oxygen atoms in total. The number of hydrogen-bond acceptors (Lipinski definition) is 3. The van der Waals surface area contributed by atoms with Gasteiger partial charge in [0, 0.05) is 19.7 Å². The number of nitrogens with zero attached hydrogens (tertiary/aromatic N) is 1. The quantitative estimate of drug-likeness (QED) is 0.663. The maximum Gasteiger partial charge on any atom is 0.0443 e. The molecule has 2 atom stereocenters. The van der Waals surface area contributed by atoms with Crippen LogP contribution in [0.15, 0.2) is 0 Å². The minimum atomic E-state index is 0.305. The second-order valence-electron chi connectivity index (χ2n) is 4.14. The Morgan fingerprint density at radius 1 is 1.54 bits per heavy atom. The van der Waals surface area contributed by atoms with Gasteiger partial charge >= 0.3 is 0 Å². The summed E-state index contributed by atoms with van der Waals surface area (Å²) in [5, 5.41) is 8.72. The second-order valence-corrected chi connectivity index (χ2v) is 4.14. The van der Waals surface area contributed by atoms with Crippen LogP contribution in [0.1, 0.15) is 19.8 Å². The molecule has 0 amide bonds. The highest BCUT2D eigenvalue weighted by atomic mass is 16.3. The average Bonchev–Trinajstić information content (AvgIpc) is 2.16. The van der Waals surface area contributed by atoms with Crippen molar-refractivity contribution in [2.45, 2.75) is 19.8 Å². The van der Waals surface area contributed by atoms with Crippen molar-refractivity contribution < 1.29 is 5.11 Å². The highest BCUT2D eigenvalue weighted by Crippen LogP contribution is 2.21. The molecule has 0 aromatic heterocycles. The maximum absolute atomic E-state index is 8.72. The molecule has 1 saturated heterocycles. The molecule has 1 rings (SSSR count). The van der Waals surface area contributed by atoms with E-state index in [1.54, 1.807) is 0 Å². The van der Waals surface area contributed by atoms with Crippen molar-refractivity contribution in [3.05, 3.63) is 0 Å². The molecule has 3 heteroatoms. The third-order valence-corrected chi connectivity index (χ3v) is 3.13. The molecule has 1 aliphatic rings. The van der Waals surface area contributed by atoms with E-state index in [-0.39, 0.29) is 0 Å². The van der Waals surface area contributed by atoms with Gasteiger partial charge in [-0.25, -0.2) is 0 Å². The molecule has 0 aromatic rings. The molecule has 0 aliphatic carbocycles. The van der Waals surface area contributed by atoms with Crippen LogP contribution in [0.5, 0.6) is 0 Å². The normalized spacial score (nSPS) is 30.7. The van der Waals surface area contributed by atoms with E-state index in [4.69, 9.17) is 10.8 Å². The molecule has 1 fully saturated rings. The van der Waals surface area contributed by atoms with Gasteiger partial charge in [0.05, 0.1) is 0 Å². The maximum atomic E-state index is 8.72. The Balaban J connectivity index is 2.27. The van der Waals surface area contributed by atoms with Crippen LogP contribution in [0.2, 0.25) is 0 Å². The molecule has 1 heterocycles. The Bertz CT molecular complexity index is 139. The zero-order valence-electron chi connectivity index (χ0n) is 8.58. The molecular weight excluding hydrogens is 164 g/mol. The molecule has 0 bridgehead atoms. The van der Waals surface area contributed by atoms with Gasteiger partial charge in [0.1, 0.15) is 0 Å². The van der Waals surface area contributed by atoms with E-state index in [0.717, 1.165) is 32.0 Å². The zero-order valence-corrected chi connectivity index (χ0v) is 8.58. The van der Waals surface area contributed by atoms with Gasteiger partial charge in [-0.1, -0.05) is 6.92 Å². The number of hydrogen-bond donors (Lipinski definition) is 2. The summed E-state index contributed by atoms with van der Waals surface area (Å²) in [5.41, 5.74) is 5.71. The first-order valence-corrected chi connectivity index (χ1v) is 5.31. The van der Waals surface area contributed by atoms with Crippen LogP contribution >= 0.6 is 0 Å². The van der Waals surface area contributed by atoms with E-state index >= 15 is 0 Å². The smallest absolute Gasteiger partial charge is 0.0443 e. The molecule has 0 saturated carbocycles. The summed E-state index contributed by atoms with van der Waals surface area (Å²) < 4.78 is 0. The van der Waals surface area contributed by atoms with E-state index in [1.165, 1.54) is 13.0 Å². The Hall–Kier alpha value is -0.120. The lowest BCUT2D eigenvalue weighted by Crippen LogP contribution is -2.43. The number of likely N-dealkylation sites (tertiary alicyclic amines) is 1. The molecule has 13 heavy (non-hydrogen) atoms. The fourth-order valence-electron chi connectivity index (χ4n) is 2.03. The molecule has 0 aromatic carbocycles. The Labute approximate surface area is 80.9 Å². The largest absolute Gasteiger partial charge is 0.396 e. The number of nitrogens with two attached hydrogens (primary N) is 1. The predicted molar refractivity (Wildman–Crippen MR) is 54.5 cm³/mol. The first-order valence-electron chi connectivity index (χ1n) is 5.31. The van der Waals surface area contributed by atoms with Gasteiger partial charge in [-0.15, -0.1) is 0 Å². The lowest BCUT2D eigenvalue weighted by atomic mass is 9.87. The highest BCUT2D eigenvalue weighted by molar-refractivity contribution is 4.78. The van der Waals surface area contributed by atoms with Crippen LogP contribution in [0.25, 0.3) is 0 Å². The Morgan fingerprint density at radius 2 is 2.31 bits per heavy atom. The van der Waals surface area contributed by atoms with Crippen LogP contribution < -0.4 is 5.73 Å². The van der Waals surface area contributed by atoms with Crippen molar-refractivity contribution in [3.8, 4) is 0 Å². The van der Waals surface area contributed by atoms with Crippen molar-refractivity contribution in [2.75, 3.05) is 32.8 Å². The minimum absolute atomic E-state index is 0.305. The molecule has 78 valence electrons. The number of rotatable bonds is 4. The first-order chi connectivity index (χ1) is 6.27. The summed E-state index contributed by atoms with van der Waals surface area (Å²) in [7, 11) is 0. The van der Waals surface area contributed by atoms with Gasteiger partial charge in [0.2, 0.25) is 0 Å². The Morgan fingerprint density at radius 3 is 2.92 bits per heavy atom. The lowest BCUT2D eigenvalue weighted by molar-refractivity contribution is 0.123. The van der Waals surface area contributed by atoms with Crippen LogP contribution in [0.3, 0.4) is 0 Å². The van der Waals surface area contributed by atoms with Gasteiger partial charge in [-0.2, -0.15) is 0 Å². The molecular formula is C10H22N2O. The van der Waals surface area contributed by atoms with Gasteiger partial charge in [0.15, 0.2) is 0 Å². The molecule has 1 aliphatic heterocycles. The predicted octanol–water partition coefficient (Wildman–Crippen LogP) is 0.285. The molecule has 0 spiro atoms. The van der Waals surface area contributed by atoms with Gasteiger partial charge in [-0.05, 0) is 37.8 Å². The summed E-state index contributed by atoms with van der Waals surface area (Å²) in [6, 6.07) is 0. The summed E-state index contributed by atoms with van der Waals surface area (Å²) in [4.78, 5) is 2.42. The fourth-order valence-corrected chi connectivity index (χ4v) is 2.03. The third-order valence-electron chi connectivity index (χ3n) is 3.13.